The second-order valence-corrected chi connectivity index (χ2v) is 3.22. The van der Waals surface area contributed by atoms with E-state index in [4.69, 9.17) is 0 Å². The summed E-state index contributed by atoms with van der Waals surface area (Å²) < 4.78 is 86.5. The predicted molar refractivity (Wildman–Crippen MR) is 40.3 cm³/mol. The van der Waals surface area contributed by atoms with Crippen molar-refractivity contribution in [3.63, 3.8) is 0 Å². The second-order valence-electron chi connectivity index (χ2n) is 3.22. The fraction of sp³-hybridized carbons (Fsp3) is 1.00. The monoisotopic (exact) mass is 240 g/mol. The van der Waals surface area contributed by atoms with Crippen molar-refractivity contribution in [2.45, 2.75) is 44.0 Å². The average molecular weight is 240 g/mol. The quantitative estimate of drug-likeness (QED) is 0.614. The summed E-state index contributed by atoms with van der Waals surface area (Å²) in [6, 6.07) is 0. The van der Waals surface area contributed by atoms with Gasteiger partial charge >= 0.3 is 17.8 Å². The highest BCUT2D eigenvalue weighted by molar-refractivity contribution is 4.95. The van der Waals surface area contributed by atoms with Crippen molar-refractivity contribution in [1.82, 2.24) is 0 Å². The molecule has 0 atom stereocenters. The van der Waals surface area contributed by atoms with Crippen LogP contribution in [0.15, 0.2) is 0 Å². The molecular formula is C8H11F7. The average Bonchev–Trinajstić information content (AvgIpc) is 2.14. The maximum absolute atomic E-state index is 12.7. The zero-order chi connectivity index (χ0) is 12.3. The number of rotatable bonds is 6. The Labute approximate surface area is 82.5 Å². The van der Waals surface area contributed by atoms with Gasteiger partial charge in [0.1, 0.15) is 0 Å². The van der Waals surface area contributed by atoms with Crippen LogP contribution in [0.3, 0.4) is 0 Å². The lowest BCUT2D eigenvalue weighted by atomic mass is 10.0. The van der Waals surface area contributed by atoms with Crippen LogP contribution >= 0.6 is 0 Å². The van der Waals surface area contributed by atoms with Gasteiger partial charge in [0, 0.05) is 6.42 Å². The first-order chi connectivity index (χ1) is 6.62. The van der Waals surface area contributed by atoms with E-state index in [0.717, 1.165) is 0 Å². The summed E-state index contributed by atoms with van der Waals surface area (Å²) >= 11 is 0. The van der Waals surface area contributed by atoms with Crippen LogP contribution in [0, 0.1) is 0 Å². The lowest BCUT2D eigenvalue weighted by Gasteiger charge is -2.31. The van der Waals surface area contributed by atoms with Crippen molar-refractivity contribution in [3.05, 3.63) is 0 Å². The van der Waals surface area contributed by atoms with Gasteiger partial charge in [0.15, 0.2) is 6.67 Å². The molecule has 0 aliphatic rings. The molecular weight excluding hydrogens is 229 g/mol. The predicted octanol–water partition coefficient (Wildman–Crippen LogP) is 4.05. The van der Waals surface area contributed by atoms with E-state index in [1.807, 2.05) is 0 Å². The van der Waals surface area contributed by atoms with Gasteiger partial charge < -0.3 is 0 Å². The number of hydrogen-bond donors (Lipinski definition) is 0. The van der Waals surface area contributed by atoms with Gasteiger partial charge in [0.05, 0.1) is 0 Å². The van der Waals surface area contributed by atoms with E-state index in [-0.39, 0.29) is 12.8 Å². The van der Waals surface area contributed by atoms with Crippen LogP contribution in [0.25, 0.3) is 0 Å². The Balaban J connectivity index is 4.83. The molecule has 0 aliphatic heterocycles. The minimum atomic E-state index is -5.65. The molecule has 0 spiro atoms. The van der Waals surface area contributed by atoms with Gasteiger partial charge in [0.2, 0.25) is 0 Å². The summed E-state index contributed by atoms with van der Waals surface area (Å²) in [7, 11) is 0. The van der Waals surface area contributed by atoms with E-state index < -0.39 is 30.9 Å². The van der Waals surface area contributed by atoms with Crippen molar-refractivity contribution >= 4 is 0 Å². The molecule has 92 valence electrons. The van der Waals surface area contributed by atoms with Crippen LogP contribution in [0.4, 0.5) is 30.7 Å². The molecule has 0 amide bonds. The van der Waals surface area contributed by atoms with E-state index in [9.17, 15) is 30.7 Å². The third kappa shape index (κ3) is 2.75. The molecule has 0 unspecified atom stereocenters. The minimum absolute atomic E-state index is 0.160. The lowest BCUT2D eigenvalue weighted by molar-refractivity contribution is -0.313. The summed E-state index contributed by atoms with van der Waals surface area (Å²) in [5.74, 6) is -15.9. The van der Waals surface area contributed by atoms with E-state index in [2.05, 4.69) is 0 Å². The Bertz CT molecular complexity index is 199. The summed E-state index contributed by atoms with van der Waals surface area (Å²) in [5.41, 5.74) is 0. The van der Waals surface area contributed by atoms with Crippen LogP contribution in [0.5, 0.6) is 0 Å². The van der Waals surface area contributed by atoms with Gasteiger partial charge in [-0.3, -0.25) is 0 Å². The molecule has 15 heavy (non-hydrogen) atoms. The molecule has 0 nitrogen and oxygen atoms in total. The summed E-state index contributed by atoms with van der Waals surface area (Å²) in [6.45, 7) is -1.36. The molecule has 0 aromatic heterocycles. The molecule has 0 aromatic carbocycles. The van der Waals surface area contributed by atoms with Gasteiger partial charge in [-0.15, -0.1) is 0 Å². The Kier molecular flexibility index (Phi) is 4.42. The number of alkyl halides is 7. The van der Waals surface area contributed by atoms with Crippen molar-refractivity contribution in [3.8, 4) is 0 Å². The number of hydrogen-bond acceptors (Lipinski definition) is 0. The maximum atomic E-state index is 12.7. The summed E-state index contributed by atoms with van der Waals surface area (Å²) in [4.78, 5) is 0. The standard InChI is InChI=1S/C8H11F7/c1-2-3-4-6(10,11)8(14,15)7(12,13)5-9/h2-5H2,1H3. The first-order valence-electron chi connectivity index (χ1n) is 4.32. The largest absolute Gasteiger partial charge is 0.374 e. The van der Waals surface area contributed by atoms with Crippen molar-refractivity contribution in [1.29, 1.82) is 0 Å². The van der Waals surface area contributed by atoms with Gasteiger partial charge in [-0.2, -0.15) is 26.3 Å². The van der Waals surface area contributed by atoms with E-state index in [0.29, 0.717) is 0 Å². The van der Waals surface area contributed by atoms with Gasteiger partial charge in [-0.1, -0.05) is 13.3 Å². The van der Waals surface area contributed by atoms with Gasteiger partial charge in [0.25, 0.3) is 0 Å². The Hall–Kier alpha value is -0.490. The molecule has 0 N–H and O–H groups in total. The molecule has 0 rings (SSSR count). The Morgan fingerprint density at radius 2 is 1.33 bits per heavy atom. The Morgan fingerprint density at radius 1 is 0.867 bits per heavy atom. The van der Waals surface area contributed by atoms with E-state index in [1.165, 1.54) is 6.92 Å². The topological polar surface area (TPSA) is 0 Å². The molecule has 0 aromatic rings. The van der Waals surface area contributed by atoms with E-state index >= 15 is 0 Å². The number of unbranched alkanes of at least 4 members (excludes halogenated alkanes) is 1. The van der Waals surface area contributed by atoms with E-state index in [1.54, 1.807) is 0 Å². The third-order valence-electron chi connectivity index (χ3n) is 1.93. The molecule has 0 bridgehead atoms. The molecule has 7 heteroatoms. The highest BCUT2D eigenvalue weighted by Gasteiger charge is 2.70. The van der Waals surface area contributed by atoms with Gasteiger partial charge in [-0.25, -0.2) is 4.39 Å². The van der Waals surface area contributed by atoms with Crippen LogP contribution in [0.2, 0.25) is 0 Å². The SMILES string of the molecule is CCCCC(F)(F)C(F)(F)C(F)(F)CF. The minimum Gasteiger partial charge on any atom is -0.244 e. The van der Waals surface area contributed by atoms with Crippen LogP contribution < -0.4 is 0 Å². The Morgan fingerprint density at radius 3 is 1.67 bits per heavy atom. The summed E-state index contributed by atoms with van der Waals surface area (Å²) in [5, 5.41) is 0. The van der Waals surface area contributed by atoms with Crippen LogP contribution in [-0.4, -0.2) is 24.4 Å². The normalized spacial score (nSPS) is 14.4. The highest BCUT2D eigenvalue weighted by atomic mass is 19.3. The highest BCUT2D eigenvalue weighted by Crippen LogP contribution is 2.47. The molecule has 0 fully saturated rings. The second kappa shape index (κ2) is 4.57. The fourth-order valence-electron chi connectivity index (χ4n) is 0.907. The van der Waals surface area contributed by atoms with Crippen molar-refractivity contribution in [2.75, 3.05) is 6.67 Å². The lowest BCUT2D eigenvalue weighted by Crippen LogP contribution is -2.55. The van der Waals surface area contributed by atoms with Crippen LogP contribution in [-0.2, 0) is 0 Å². The fourth-order valence-corrected chi connectivity index (χ4v) is 0.907. The van der Waals surface area contributed by atoms with Gasteiger partial charge in [-0.05, 0) is 6.42 Å². The zero-order valence-electron chi connectivity index (χ0n) is 7.97. The molecule has 0 saturated carbocycles. The third-order valence-corrected chi connectivity index (χ3v) is 1.93. The molecule has 0 radical (unpaired) electrons. The zero-order valence-corrected chi connectivity index (χ0v) is 7.97. The first kappa shape index (κ1) is 14.5. The smallest absolute Gasteiger partial charge is 0.244 e. The maximum Gasteiger partial charge on any atom is 0.374 e. The van der Waals surface area contributed by atoms with Crippen molar-refractivity contribution in [2.24, 2.45) is 0 Å². The summed E-state index contributed by atoms with van der Waals surface area (Å²) in [6.07, 6.45) is -1.55. The first-order valence-corrected chi connectivity index (χ1v) is 4.32. The van der Waals surface area contributed by atoms with Crippen LogP contribution in [0.1, 0.15) is 26.2 Å². The van der Waals surface area contributed by atoms with Crippen molar-refractivity contribution < 1.29 is 30.7 Å². The molecule has 0 heterocycles. The number of halogens is 7. The molecule has 0 saturated heterocycles. The molecule has 0 aliphatic carbocycles.